The van der Waals surface area contributed by atoms with Gasteiger partial charge in [0.05, 0.1) is 6.54 Å². The molecule has 0 spiro atoms. The Morgan fingerprint density at radius 3 is 2.53 bits per heavy atom. The van der Waals surface area contributed by atoms with Gasteiger partial charge in [-0.25, -0.2) is 0 Å². The van der Waals surface area contributed by atoms with Gasteiger partial charge in [0.1, 0.15) is 0 Å². The quantitative estimate of drug-likeness (QED) is 0.575. The van der Waals surface area contributed by atoms with Crippen LogP contribution in [0.4, 0.5) is 0 Å². The van der Waals surface area contributed by atoms with Gasteiger partial charge in [-0.15, -0.1) is 0 Å². The van der Waals surface area contributed by atoms with E-state index in [0.717, 1.165) is 36.2 Å². The summed E-state index contributed by atoms with van der Waals surface area (Å²) in [5, 5.41) is 7.37. The van der Waals surface area contributed by atoms with Crippen molar-refractivity contribution in [3.63, 3.8) is 0 Å². The lowest BCUT2D eigenvalue weighted by atomic mass is 9.98. The van der Waals surface area contributed by atoms with Crippen molar-refractivity contribution in [3.8, 4) is 11.1 Å². The zero-order chi connectivity index (χ0) is 20.6. The molecule has 0 saturated carbocycles. The number of benzene rings is 2. The molecule has 0 atom stereocenters. The Balaban J connectivity index is 1.36. The van der Waals surface area contributed by atoms with Crippen LogP contribution in [0, 0.1) is 0 Å². The van der Waals surface area contributed by atoms with Crippen molar-refractivity contribution in [1.29, 1.82) is 0 Å². The monoisotopic (exact) mass is 402 g/mol. The lowest BCUT2D eigenvalue weighted by molar-refractivity contribution is 0.0951. The Labute approximate surface area is 178 Å². The van der Waals surface area contributed by atoms with Crippen LogP contribution in [0.1, 0.15) is 41.6 Å². The maximum atomic E-state index is 12.8. The van der Waals surface area contributed by atoms with Crippen molar-refractivity contribution >= 4 is 5.91 Å². The van der Waals surface area contributed by atoms with Gasteiger partial charge in [0.25, 0.3) is 5.91 Å². The van der Waals surface area contributed by atoms with Gasteiger partial charge >= 0.3 is 0 Å². The zero-order valence-corrected chi connectivity index (χ0v) is 17.5. The van der Waals surface area contributed by atoms with Crippen LogP contribution >= 0.6 is 0 Å². The van der Waals surface area contributed by atoms with E-state index in [9.17, 15) is 4.79 Å². The number of likely N-dealkylation sites (tertiary alicyclic amines) is 1. The van der Waals surface area contributed by atoms with Crippen molar-refractivity contribution in [2.24, 2.45) is 0 Å². The van der Waals surface area contributed by atoms with Gasteiger partial charge in [-0.05, 0) is 67.7 Å². The van der Waals surface area contributed by atoms with E-state index >= 15 is 0 Å². The molecule has 3 aromatic rings. The summed E-state index contributed by atoms with van der Waals surface area (Å²) in [5.41, 5.74) is 3.94. The lowest BCUT2D eigenvalue weighted by Crippen LogP contribution is -2.33. The molecular formula is C25H30N4O. The highest BCUT2D eigenvalue weighted by molar-refractivity contribution is 6.00. The Morgan fingerprint density at radius 2 is 1.77 bits per heavy atom. The number of aromatic nitrogens is 2. The first-order valence-corrected chi connectivity index (χ1v) is 11.0. The van der Waals surface area contributed by atoms with Crippen molar-refractivity contribution in [1.82, 2.24) is 20.0 Å². The Hall–Kier alpha value is -2.92. The fourth-order valence-corrected chi connectivity index (χ4v) is 4.09. The molecule has 0 radical (unpaired) electrons. The SMILES string of the molecule is O=C(NCCCN1CCCCC1)c1ccccc1-c1ccc(Cn2cccn2)cc1. The number of rotatable bonds is 8. The first kappa shape index (κ1) is 20.4. The first-order valence-electron chi connectivity index (χ1n) is 11.0. The third-order valence-corrected chi connectivity index (χ3v) is 5.73. The van der Waals surface area contributed by atoms with E-state index in [1.54, 1.807) is 6.20 Å². The Morgan fingerprint density at radius 1 is 0.967 bits per heavy atom. The third-order valence-electron chi connectivity index (χ3n) is 5.73. The maximum absolute atomic E-state index is 12.8. The molecule has 5 nitrogen and oxygen atoms in total. The van der Waals surface area contributed by atoms with Gasteiger partial charge in [-0.1, -0.05) is 48.9 Å². The molecule has 2 heterocycles. The van der Waals surface area contributed by atoms with Crippen molar-refractivity contribution < 1.29 is 4.79 Å². The lowest BCUT2D eigenvalue weighted by Gasteiger charge is -2.26. The van der Waals surface area contributed by atoms with Crippen LogP contribution in [-0.4, -0.2) is 46.8 Å². The highest BCUT2D eigenvalue weighted by Crippen LogP contribution is 2.24. The number of amides is 1. The van der Waals surface area contributed by atoms with Crippen molar-refractivity contribution in [3.05, 3.63) is 78.1 Å². The molecule has 1 amide bonds. The molecule has 1 fully saturated rings. The van der Waals surface area contributed by atoms with E-state index < -0.39 is 0 Å². The number of piperidine rings is 1. The molecule has 0 unspecified atom stereocenters. The molecule has 1 saturated heterocycles. The van der Waals surface area contributed by atoms with E-state index in [2.05, 4.69) is 39.6 Å². The Bertz CT molecular complexity index is 928. The van der Waals surface area contributed by atoms with Gasteiger partial charge in [0.2, 0.25) is 0 Å². The van der Waals surface area contributed by atoms with Crippen LogP contribution in [0.5, 0.6) is 0 Å². The van der Waals surface area contributed by atoms with Crippen LogP contribution < -0.4 is 5.32 Å². The Kier molecular flexibility index (Phi) is 6.93. The number of hydrogen-bond acceptors (Lipinski definition) is 3. The largest absolute Gasteiger partial charge is 0.352 e. The summed E-state index contributed by atoms with van der Waals surface area (Å²) in [6.07, 6.45) is 8.71. The van der Waals surface area contributed by atoms with Crippen molar-refractivity contribution in [2.75, 3.05) is 26.2 Å². The van der Waals surface area contributed by atoms with E-state index in [1.807, 2.05) is 41.2 Å². The average molecular weight is 403 g/mol. The van der Waals surface area contributed by atoms with Crippen LogP contribution in [0.25, 0.3) is 11.1 Å². The molecule has 5 heteroatoms. The molecule has 1 N–H and O–H groups in total. The van der Waals surface area contributed by atoms with Crippen LogP contribution in [0.2, 0.25) is 0 Å². The van der Waals surface area contributed by atoms with E-state index in [1.165, 1.54) is 37.9 Å². The van der Waals surface area contributed by atoms with Crippen molar-refractivity contribution in [2.45, 2.75) is 32.2 Å². The fraction of sp³-hybridized carbons (Fsp3) is 0.360. The van der Waals surface area contributed by atoms with Gasteiger partial charge in [-0.2, -0.15) is 5.10 Å². The highest BCUT2D eigenvalue weighted by Gasteiger charge is 2.13. The standard InChI is InChI=1S/C25H30N4O/c30-25(26-14-6-18-28-16-4-1-5-17-28)24-9-3-2-8-23(24)22-12-10-21(11-13-22)20-29-19-7-15-27-29/h2-3,7-13,15,19H,1,4-6,14,16-18,20H2,(H,26,30). The second-order valence-corrected chi connectivity index (χ2v) is 7.96. The van der Waals surface area contributed by atoms with Gasteiger partial charge in [0.15, 0.2) is 0 Å². The summed E-state index contributed by atoms with van der Waals surface area (Å²) in [7, 11) is 0. The molecule has 2 aromatic carbocycles. The van der Waals surface area contributed by atoms with Gasteiger partial charge in [-0.3, -0.25) is 9.48 Å². The smallest absolute Gasteiger partial charge is 0.251 e. The minimum absolute atomic E-state index is 0.00450. The molecule has 4 rings (SSSR count). The molecule has 30 heavy (non-hydrogen) atoms. The van der Waals surface area contributed by atoms with E-state index in [0.29, 0.717) is 6.54 Å². The average Bonchev–Trinajstić information content (AvgIpc) is 3.31. The second kappa shape index (κ2) is 10.2. The minimum atomic E-state index is 0.00450. The number of nitrogens with one attached hydrogen (secondary N) is 1. The third kappa shape index (κ3) is 5.36. The van der Waals surface area contributed by atoms with E-state index in [-0.39, 0.29) is 5.91 Å². The summed E-state index contributed by atoms with van der Waals surface area (Å²) in [5.74, 6) is 0.00450. The second-order valence-electron chi connectivity index (χ2n) is 7.96. The number of carbonyl (C=O) groups excluding carboxylic acids is 1. The molecule has 1 aliphatic heterocycles. The summed E-state index contributed by atoms with van der Waals surface area (Å²) in [6, 6.07) is 18.1. The number of hydrogen-bond donors (Lipinski definition) is 1. The predicted octanol–water partition coefficient (Wildman–Crippen LogP) is 4.20. The minimum Gasteiger partial charge on any atom is -0.352 e. The van der Waals surface area contributed by atoms with Crippen LogP contribution in [0.3, 0.4) is 0 Å². The van der Waals surface area contributed by atoms with Gasteiger partial charge in [0, 0.05) is 24.5 Å². The zero-order valence-electron chi connectivity index (χ0n) is 17.5. The first-order chi connectivity index (χ1) is 14.8. The summed E-state index contributed by atoms with van der Waals surface area (Å²) in [6.45, 7) is 4.93. The molecule has 0 aliphatic carbocycles. The molecule has 156 valence electrons. The molecular weight excluding hydrogens is 372 g/mol. The van der Waals surface area contributed by atoms with E-state index in [4.69, 9.17) is 0 Å². The van der Waals surface area contributed by atoms with Gasteiger partial charge < -0.3 is 10.2 Å². The van der Waals surface area contributed by atoms with Crippen LogP contribution in [-0.2, 0) is 6.54 Å². The highest BCUT2D eigenvalue weighted by atomic mass is 16.1. The molecule has 1 aromatic heterocycles. The summed E-state index contributed by atoms with van der Waals surface area (Å²) >= 11 is 0. The normalized spacial score (nSPS) is 14.5. The molecule has 1 aliphatic rings. The maximum Gasteiger partial charge on any atom is 0.251 e. The molecule has 0 bridgehead atoms. The number of nitrogens with zero attached hydrogens (tertiary/aromatic N) is 3. The number of carbonyl (C=O) groups is 1. The van der Waals surface area contributed by atoms with Crippen LogP contribution in [0.15, 0.2) is 67.0 Å². The summed E-state index contributed by atoms with van der Waals surface area (Å²) < 4.78 is 1.90. The predicted molar refractivity (Wildman–Crippen MR) is 120 cm³/mol. The summed E-state index contributed by atoms with van der Waals surface area (Å²) in [4.78, 5) is 15.3. The topological polar surface area (TPSA) is 50.2 Å². The fourth-order valence-electron chi connectivity index (χ4n) is 4.09.